The summed E-state index contributed by atoms with van der Waals surface area (Å²) >= 11 is 2.54. The zero-order valence-electron chi connectivity index (χ0n) is 19.7. The van der Waals surface area contributed by atoms with Crippen LogP contribution in [0.25, 0.3) is 0 Å². The molecule has 0 aliphatic carbocycles. The van der Waals surface area contributed by atoms with Gasteiger partial charge in [0.2, 0.25) is 0 Å². The lowest BCUT2D eigenvalue weighted by molar-refractivity contribution is 0.406. The zero-order chi connectivity index (χ0) is 24.2. The van der Waals surface area contributed by atoms with Crippen LogP contribution in [0, 0.1) is 20.8 Å². The minimum Gasteiger partial charge on any atom is -0.496 e. The predicted octanol–water partition coefficient (Wildman–Crippen LogP) is 6.67. The number of ether oxygens (including phenoxy) is 1. The monoisotopic (exact) mass is 499 g/mol. The summed E-state index contributed by atoms with van der Waals surface area (Å²) in [6.45, 7) is 10.3. The van der Waals surface area contributed by atoms with Crippen LogP contribution in [0.5, 0.6) is 5.75 Å². The Morgan fingerprint density at radius 1 is 0.970 bits per heavy atom. The molecule has 3 aromatic carbocycles. The number of benzene rings is 3. The molecule has 0 saturated heterocycles. The second kappa shape index (κ2) is 10.7. The maximum atomic E-state index is 12.9. The van der Waals surface area contributed by atoms with Gasteiger partial charge >= 0.3 is 0 Å². The van der Waals surface area contributed by atoms with E-state index in [9.17, 15) is 8.42 Å². The first-order valence-corrected chi connectivity index (χ1v) is 13.7. The summed E-state index contributed by atoms with van der Waals surface area (Å²) in [6.07, 6.45) is 0. The topological polar surface area (TPSA) is 55.7 Å². The summed E-state index contributed by atoms with van der Waals surface area (Å²) in [5.41, 5.74) is 5.21. The second-order valence-electron chi connectivity index (χ2n) is 8.12. The number of hydrogen-bond acceptors (Lipinski definition) is 4. The van der Waals surface area contributed by atoms with E-state index in [2.05, 4.69) is 24.5 Å². The van der Waals surface area contributed by atoms with E-state index in [4.69, 9.17) is 4.74 Å². The molecule has 3 rings (SSSR count). The molecule has 0 amide bonds. The van der Waals surface area contributed by atoms with Crippen LogP contribution >= 0.6 is 11.8 Å². The quantitative estimate of drug-likeness (QED) is 0.281. The molecule has 0 bridgehead atoms. The summed E-state index contributed by atoms with van der Waals surface area (Å²) in [4.78, 5) is 1.21. The van der Waals surface area contributed by atoms with Gasteiger partial charge in [-0.2, -0.15) is 8.42 Å². The average Bonchev–Trinajstić information content (AvgIpc) is 2.77. The van der Waals surface area contributed by atoms with E-state index in [1.807, 2.05) is 50.2 Å². The van der Waals surface area contributed by atoms with Crippen molar-refractivity contribution >= 4 is 37.1 Å². The first-order chi connectivity index (χ1) is 15.6. The molecule has 4 nitrogen and oxygen atoms in total. The maximum Gasteiger partial charge on any atom is 0.292 e. The van der Waals surface area contributed by atoms with Crippen molar-refractivity contribution in [2.24, 2.45) is 3.77 Å². The van der Waals surface area contributed by atoms with Gasteiger partial charge in [-0.1, -0.05) is 65.3 Å². The molecule has 7 heteroatoms. The Balaban J connectivity index is 2.24. The normalized spacial score (nSPS) is 11.4. The van der Waals surface area contributed by atoms with Crippen molar-refractivity contribution in [2.75, 3.05) is 7.11 Å². The molecule has 0 saturated carbocycles. The highest BCUT2D eigenvalue weighted by atomic mass is 32.2. The van der Waals surface area contributed by atoms with Gasteiger partial charge in [0.25, 0.3) is 10.0 Å². The SMILES string of the molecule is COc1cc(C)c(C(Sc2ccccc2)=S=NS(=O)(=O)c2ccc(C)cc2)c(C)c1C(C)C. The molecular formula is C26H29NO3S3. The summed E-state index contributed by atoms with van der Waals surface area (Å²) < 4.78 is 36.5. The second-order valence-corrected chi connectivity index (χ2v) is 12.1. The Morgan fingerprint density at radius 3 is 2.18 bits per heavy atom. The largest absolute Gasteiger partial charge is 0.496 e. The predicted molar refractivity (Wildman–Crippen MR) is 141 cm³/mol. The molecule has 0 aliphatic heterocycles. The Hall–Kier alpha value is -2.35. The third-order valence-electron chi connectivity index (χ3n) is 5.28. The number of nitrogens with zero attached hydrogens (tertiary/aromatic N) is 1. The Labute approximate surface area is 205 Å². The maximum absolute atomic E-state index is 12.9. The van der Waals surface area contributed by atoms with E-state index < -0.39 is 10.0 Å². The molecule has 33 heavy (non-hydrogen) atoms. The number of sulfonamides is 1. The van der Waals surface area contributed by atoms with Crippen LogP contribution < -0.4 is 4.74 Å². The summed E-state index contributed by atoms with van der Waals surface area (Å²) in [5.74, 6) is 1.10. The van der Waals surface area contributed by atoms with Crippen LogP contribution in [0.3, 0.4) is 0 Å². The van der Waals surface area contributed by atoms with Crippen molar-refractivity contribution in [3.63, 3.8) is 0 Å². The van der Waals surface area contributed by atoms with Crippen molar-refractivity contribution in [3.05, 3.63) is 88.5 Å². The van der Waals surface area contributed by atoms with Gasteiger partial charge in [0.15, 0.2) is 0 Å². The van der Waals surface area contributed by atoms with E-state index in [1.54, 1.807) is 31.4 Å². The van der Waals surface area contributed by atoms with Crippen molar-refractivity contribution in [3.8, 4) is 5.75 Å². The van der Waals surface area contributed by atoms with E-state index in [-0.39, 0.29) is 10.8 Å². The highest BCUT2D eigenvalue weighted by molar-refractivity contribution is 8.22. The fourth-order valence-electron chi connectivity index (χ4n) is 3.71. The number of aryl methyl sites for hydroxylation is 2. The van der Waals surface area contributed by atoms with Gasteiger partial charge in [0.1, 0.15) is 5.75 Å². The highest BCUT2D eigenvalue weighted by Crippen LogP contribution is 2.36. The summed E-state index contributed by atoms with van der Waals surface area (Å²) in [5, 5.41) is 0. The molecule has 0 fully saturated rings. The molecule has 0 heterocycles. The molecule has 0 radical (unpaired) electrons. The molecule has 0 aromatic heterocycles. The lowest BCUT2D eigenvalue weighted by Crippen LogP contribution is -2.08. The van der Waals surface area contributed by atoms with E-state index in [1.165, 1.54) is 11.8 Å². The van der Waals surface area contributed by atoms with Gasteiger partial charge in [-0.25, -0.2) is 0 Å². The van der Waals surface area contributed by atoms with Crippen molar-refractivity contribution in [1.82, 2.24) is 0 Å². The van der Waals surface area contributed by atoms with Crippen LogP contribution in [-0.2, 0) is 21.2 Å². The molecule has 174 valence electrons. The van der Waals surface area contributed by atoms with Crippen LogP contribution in [0.15, 0.2) is 74.2 Å². The van der Waals surface area contributed by atoms with Gasteiger partial charge in [-0.15, -0.1) is 0 Å². The van der Waals surface area contributed by atoms with Gasteiger partial charge in [0, 0.05) is 16.0 Å². The molecule has 0 N–H and O–H groups in total. The van der Waals surface area contributed by atoms with Gasteiger partial charge < -0.3 is 4.74 Å². The Morgan fingerprint density at radius 2 is 1.61 bits per heavy atom. The number of thioether (sulfide) groups is 1. The number of methoxy groups -OCH3 is 1. The van der Waals surface area contributed by atoms with Gasteiger partial charge in [-0.3, -0.25) is 0 Å². The Bertz CT molecular complexity index is 1310. The first-order valence-electron chi connectivity index (χ1n) is 10.6. The molecule has 3 aromatic rings. The van der Waals surface area contributed by atoms with E-state index in [0.717, 1.165) is 53.8 Å². The van der Waals surface area contributed by atoms with E-state index in [0.29, 0.717) is 0 Å². The molecule has 0 aliphatic rings. The van der Waals surface area contributed by atoms with Crippen molar-refractivity contribution in [2.45, 2.75) is 50.3 Å². The molecule has 0 atom stereocenters. The smallest absolute Gasteiger partial charge is 0.292 e. The molecular weight excluding hydrogens is 470 g/mol. The number of rotatable bonds is 6. The van der Waals surface area contributed by atoms with Crippen LogP contribution in [0.2, 0.25) is 0 Å². The van der Waals surface area contributed by atoms with E-state index >= 15 is 0 Å². The third-order valence-corrected chi connectivity index (χ3v) is 8.97. The van der Waals surface area contributed by atoms with Crippen molar-refractivity contribution < 1.29 is 13.2 Å². The van der Waals surface area contributed by atoms with Crippen LogP contribution in [-0.4, -0.2) is 19.7 Å². The van der Waals surface area contributed by atoms with Crippen molar-refractivity contribution in [1.29, 1.82) is 0 Å². The standard InChI is InChI=1S/C26H29NO3S3/c1-17(2)24-20(5)25(19(4)16-23(24)30-6)26(31-21-10-8-7-9-11-21)32-27-33(28,29)22-14-12-18(3)13-15-22/h7-17H,1-6H3. The van der Waals surface area contributed by atoms with Gasteiger partial charge in [0.05, 0.1) is 16.2 Å². The fourth-order valence-corrected chi connectivity index (χ4v) is 7.24. The minimum atomic E-state index is -3.81. The fraction of sp³-hybridized carbons (Fsp3) is 0.269. The summed E-state index contributed by atoms with van der Waals surface area (Å²) in [6, 6.07) is 18.7. The lowest BCUT2D eigenvalue weighted by Gasteiger charge is -2.21. The van der Waals surface area contributed by atoms with Gasteiger partial charge in [-0.05, 0) is 79.3 Å². The third kappa shape index (κ3) is 5.96. The lowest BCUT2D eigenvalue weighted by atomic mass is 9.91. The summed E-state index contributed by atoms with van der Waals surface area (Å²) in [7, 11) is -2.13. The minimum absolute atomic E-state index is 0.190. The van der Waals surface area contributed by atoms with Crippen LogP contribution in [0.1, 0.15) is 47.6 Å². The highest BCUT2D eigenvalue weighted by Gasteiger charge is 2.20. The zero-order valence-corrected chi connectivity index (χ0v) is 22.2. The average molecular weight is 500 g/mol. The number of hydrogen-bond donors (Lipinski definition) is 0. The first kappa shape index (κ1) is 25.3. The Kier molecular flexibility index (Phi) is 8.21. The van der Waals surface area contributed by atoms with Crippen LogP contribution in [0.4, 0.5) is 0 Å². The molecule has 0 spiro atoms. The molecule has 0 unspecified atom stereocenters.